The molecule has 0 saturated heterocycles. The summed E-state index contributed by atoms with van der Waals surface area (Å²) in [5, 5.41) is 0. The molecule has 0 aliphatic rings. The summed E-state index contributed by atoms with van der Waals surface area (Å²) < 4.78 is 16.7. The highest BCUT2D eigenvalue weighted by Crippen LogP contribution is 2.14. The second kappa shape index (κ2) is 45.3. The van der Waals surface area contributed by atoms with Crippen LogP contribution in [0.4, 0.5) is 0 Å². The Kier molecular flexibility index (Phi) is 43.4. The molecule has 0 radical (unpaired) electrons. The van der Waals surface area contributed by atoms with E-state index in [2.05, 4.69) is 57.2 Å². The van der Waals surface area contributed by atoms with Crippen molar-refractivity contribution in [1.82, 2.24) is 0 Å². The molecule has 1 atom stereocenters. The van der Waals surface area contributed by atoms with Gasteiger partial charge in [-0.25, -0.2) is 0 Å². The van der Waals surface area contributed by atoms with Crippen molar-refractivity contribution < 1.29 is 28.6 Å². The van der Waals surface area contributed by atoms with Gasteiger partial charge in [0.25, 0.3) is 0 Å². The van der Waals surface area contributed by atoms with Crippen molar-refractivity contribution in [1.29, 1.82) is 0 Å². The van der Waals surface area contributed by atoms with Gasteiger partial charge in [0.2, 0.25) is 0 Å². The molecule has 0 fully saturated rings. The molecular weight excluding hydrogens is 697 g/mol. The van der Waals surface area contributed by atoms with Gasteiger partial charge in [-0.1, -0.05) is 198 Å². The third-order valence-electron chi connectivity index (χ3n) is 10.4. The first-order chi connectivity index (χ1) is 27.5. The van der Waals surface area contributed by atoms with Gasteiger partial charge < -0.3 is 14.2 Å². The summed E-state index contributed by atoms with van der Waals surface area (Å²) >= 11 is 0. The predicted molar refractivity (Wildman–Crippen MR) is 238 cm³/mol. The summed E-state index contributed by atoms with van der Waals surface area (Å²) in [6.07, 6.45) is 51.3. The molecule has 0 aliphatic heterocycles. The van der Waals surface area contributed by atoms with Gasteiger partial charge in [-0.05, 0) is 64.2 Å². The summed E-state index contributed by atoms with van der Waals surface area (Å²) in [6.45, 7) is 6.55. The van der Waals surface area contributed by atoms with Crippen LogP contribution in [0, 0.1) is 0 Å². The molecule has 6 heteroatoms. The van der Waals surface area contributed by atoms with E-state index in [9.17, 15) is 14.4 Å². The van der Waals surface area contributed by atoms with Crippen molar-refractivity contribution in [2.45, 2.75) is 252 Å². The third kappa shape index (κ3) is 42.8. The van der Waals surface area contributed by atoms with Crippen molar-refractivity contribution in [2.75, 3.05) is 13.2 Å². The number of esters is 3. The Morgan fingerprint density at radius 1 is 0.357 bits per heavy atom. The average molecular weight is 787 g/mol. The highest BCUT2D eigenvalue weighted by molar-refractivity contribution is 5.71. The van der Waals surface area contributed by atoms with Gasteiger partial charge in [-0.15, -0.1) is 0 Å². The van der Waals surface area contributed by atoms with E-state index in [1.165, 1.54) is 128 Å². The highest BCUT2D eigenvalue weighted by Gasteiger charge is 2.19. The standard InChI is InChI=1S/C50H90O6/c1-4-7-10-13-16-19-22-23-24-25-26-29-31-34-37-40-43-49(52)55-46-47(56-50(53)44-41-38-35-32-28-21-18-15-12-9-6-3)45-54-48(51)42-39-36-33-30-27-20-17-14-11-8-5-2/h15,18,21,24-25,28,47H,4-14,16-17,19-20,22-23,26-27,29-46H2,1-3H3/b18-15-,25-24-,28-21-. The first kappa shape index (κ1) is 53.6. The maximum Gasteiger partial charge on any atom is 0.306 e. The highest BCUT2D eigenvalue weighted by atomic mass is 16.6. The van der Waals surface area contributed by atoms with Crippen LogP contribution in [-0.4, -0.2) is 37.2 Å². The van der Waals surface area contributed by atoms with Gasteiger partial charge in [-0.3, -0.25) is 14.4 Å². The zero-order valence-corrected chi connectivity index (χ0v) is 37.2. The quantitative estimate of drug-likeness (QED) is 0.0201. The molecule has 0 bridgehead atoms. The minimum atomic E-state index is -0.783. The molecule has 1 unspecified atom stereocenters. The van der Waals surface area contributed by atoms with E-state index in [1.54, 1.807) is 0 Å². The summed E-state index contributed by atoms with van der Waals surface area (Å²) in [4.78, 5) is 37.7. The molecule has 0 aromatic carbocycles. The maximum absolute atomic E-state index is 12.7. The molecular formula is C50H90O6. The fraction of sp³-hybridized carbons (Fsp3) is 0.820. The maximum atomic E-state index is 12.7. The molecule has 0 heterocycles. The van der Waals surface area contributed by atoms with Crippen LogP contribution in [0.1, 0.15) is 245 Å². The Morgan fingerprint density at radius 3 is 1.07 bits per heavy atom. The predicted octanol–water partition coefficient (Wildman–Crippen LogP) is 15.4. The number of hydrogen-bond acceptors (Lipinski definition) is 6. The van der Waals surface area contributed by atoms with Crippen molar-refractivity contribution in [3.8, 4) is 0 Å². The molecule has 0 rings (SSSR count). The van der Waals surface area contributed by atoms with Gasteiger partial charge in [0.1, 0.15) is 13.2 Å². The van der Waals surface area contributed by atoms with Crippen molar-refractivity contribution in [2.24, 2.45) is 0 Å². The van der Waals surface area contributed by atoms with E-state index in [0.29, 0.717) is 19.3 Å². The van der Waals surface area contributed by atoms with E-state index >= 15 is 0 Å². The second-order valence-electron chi connectivity index (χ2n) is 16.0. The van der Waals surface area contributed by atoms with Crippen LogP contribution >= 0.6 is 0 Å². The van der Waals surface area contributed by atoms with Gasteiger partial charge in [0.15, 0.2) is 6.10 Å². The van der Waals surface area contributed by atoms with Gasteiger partial charge in [0.05, 0.1) is 0 Å². The molecule has 0 N–H and O–H groups in total. The van der Waals surface area contributed by atoms with Crippen LogP contribution in [-0.2, 0) is 28.6 Å². The van der Waals surface area contributed by atoms with E-state index in [0.717, 1.165) is 77.0 Å². The van der Waals surface area contributed by atoms with Crippen LogP contribution in [0.3, 0.4) is 0 Å². The van der Waals surface area contributed by atoms with Gasteiger partial charge >= 0.3 is 17.9 Å². The number of ether oxygens (including phenoxy) is 3. The molecule has 56 heavy (non-hydrogen) atoms. The van der Waals surface area contributed by atoms with Gasteiger partial charge in [-0.2, -0.15) is 0 Å². The smallest absolute Gasteiger partial charge is 0.306 e. The number of allylic oxidation sites excluding steroid dienone is 6. The van der Waals surface area contributed by atoms with Crippen LogP contribution in [0.25, 0.3) is 0 Å². The SMILES string of the molecule is CCCC/C=C\C=C/CCCCCC(=O)OC(COC(=O)CCCCCCC/C=C\CCCCCCCCC)COC(=O)CCCCCCCCCCCCC. The molecule has 326 valence electrons. The molecule has 0 spiro atoms. The lowest BCUT2D eigenvalue weighted by atomic mass is 10.1. The minimum absolute atomic E-state index is 0.0834. The zero-order valence-electron chi connectivity index (χ0n) is 37.2. The fourth-order valence-corrected chi connectivity index (χ4v) is 6.71. The van der Waals surface area contributed by atoms with E-state index in [4.69, 9.17) is 14.2 Å². The minimum Gasteiger partial charge on any atom is -0.462 e. The number of carbonyl (C=O) groups excluding carboxylic acids is 3. The summed E-state index contributed by atoms with van der Waals surface area (Å²) in [5.74, 6) is -0.917. The normalized spacial score (nSPS) is 12.3. The molecule has 0 amide bonds. The van der Waals surface area contributed by atoms with Crippen LogP contribution in [0.2, 0.25) is 0 Å². The number of unbranched alkanes of at least 4 members (excludes halogenated alkanes) is 27. The lowest BCUT2D eigenvalue weighted by Gasteiger charge is -2.18. The Bertz CT molecular complexity index is 953. The number of hydrogen-bond donors (Lipinski definition) is 0. The largest absolute Gasteiger partial charge is 0.462 e. The Labute approximate surface area is 346 Å². The molecule has 0 aromatic rings. The van der Waals surface area contributed by atoms with Crippen LogP contribution in [0.5, 0.6) is 0 Å². The van der Waals surface area contributed by atoms with Crippen molar-refractivity contribution in [3.05, 3.63) is 36.5 Å². The molecule has 0 aliphatic carbocycles. The Balaban J connectivity index is 4.37. The first-order valence-electron chi connectivity index (χ1n) is 24.0. The average Bonchev–Trinajstić information content (AvgIpc) is 3.19. The first-order valence-corrected chi connectivity index (χ1v) is 24.0. The Morgan fingerprint density at radius 2 is 0.661 bits per heavy atom. The topological polar surface area (TPSA) is 78.9 Å². The fourth-order valence-electron chi connectivity index (χ4n) is 6.71. The second-order valence-corrected chi connectivity index (χ2v) is 16.0. The zero-order chi connectivity index (χ0) is 40.8. The molecule has 6 nitrogen and oxygen atoms in total. The monoisotopic (exact) mass is 787 g/mol. The van der Waals surface area contributed by atoms with Crippen LogP contribution < -0.4 is 0 Å². The van der Waals surface area contributed by atoms with Gasteiger partial charge in [0, 0.05) is 19.3 Å². The van der Waals surface area contributed by atoms with E-state index in [1.807, 2.05) is 0 Å². The summed E-state index contributed by atoms with van der Waals surface area (Å²) in [6, 6.07) is 0. The van der Waals surface area contributed by atoms with Crippen LogP contribution in [0.15, 0.2) is 36.5 Å². The third-order valence-corrected chi connectivity index (χ3v) is 10.4. The number of carbonyl (C=O) groups is 3. The molecule has 0 saturated carbocycles. The lowest BCUT2D eigenvalue weighted by Crippen LogP contribution is -2.30. The summed E-state index contributed by atoms with van der Waals surface area (Å²) in [5.41, 5.74) is 0. The van der Waals surface area contributed by atoms with E-state index < -0.39 is 6.10 Å². The van der Waals surface area contributed by atoms with Crippen molar-refractivity contribution >= 4 is 17.9 Å². The molecule has 0 aromatic heterocycles. The summed E-state index contributed by atoms with van der Waals surface area (Å²) in [7, 11) is 0. The Hall–Kier alpha value is -2.37. The van der Waals surface area contributed by atoms with Crippen molar-refractivity contribution in [3.63, 3.8) is 0 Å². The lowest BCUT2D eigenvalue weighted by molar-refractivity contribution is -0.167. The van der Waals surface area contributed by atoms with E-state index in [-0.39, 0.29) is 31.1 Å². The number of rotatable bonds is 43.